The van der Waals surface area contributed by atoms with Crippen molar-refractivity contribution in [2.75, 3.05) is 20.3 Å². The van der Waals surface area contributed by atoms with Crippen LogP contribution in [0.4, 0.5) is 0 Å². The van der Waals surface area contributed by atoms with Crippen LogP contribution in [-0.4, -0.2) is 36.1 Å². The molecule has 0 aromatic carbocycles. The third-order valence-electron chi connectivity index (χ3n) is 3.18. The number of aromatic nitrogens is 1. The number of carbonyl (C=O) groups excluding carboxylic acids is 1. The number of likely N-dealkylation sites (N-methyl/N-ethyl adjacent to an activating group) is 1. The van der Waals surface area contributed by atoms with Gasteiger partial charge in [-0.1, -0.05) is 6.07 Å². The highest BCUT2D eigenvalue weighted by atomic mass is 16.6. The van der Waals surface area contributed by atoms with Gasteiger partial charge in [0.25, 0.3) is 5.91 Å². The summed E-state index contributed by atoms with van der Waals surface area (Å²) in [6.45, 7) is 4.57. The van der Waals surface area contributed by atoms with Crippen molar-refractivity contribution >= 4 is 5.91 Å². The van der Waals surface area contributed by atoms with Gasteiger partial charge < -0.3 is 14.4 Å². The number of pyridine rings is 1. The van der Waals surface area contributed by atoms with E-state index in [1.54, 1.807) is 25.1 Å². The van der Waals surface area contributed by atoms with Gasteiger partial charge in [0.15, 0.2) is 0 Å². The van der Waals surface area contributed by atoms with Crippen LogP contribution in [0.25, 0.3) is 0 Å². The fraction of sp³-hybridized carbons (Fsp3) is 0.429. The van der Waals surface area contributed by atoms with Crippen molar-refractivity contribution in [3.63, 3.8) is 0 Å². The van der Waals surface area contributed by atoms with Gasteiger partial charge in [0, 0.05) is 13.2 Å². The summed E-state index contributed by atoms with van der Waals surface area (Å²) >= 11 is 0. The lowest BCUT2D eigenvalue weighted by atomic mass is 10.2. The number of rotatable bonds is 3. The zero-order valence-corrected chi connectivity index (χ0v) is 11.4. The van der Waals surface area contributed by atoms with Gasteiger partial charge in [-0.3, -0.25) is 9.78 Å². The molecule has 2 heterocycles. The molecule has 5 nitrogen and oxygen atoms in total. The SMILES string of the molecule is CC1=C(C(=O)N(C)C(C)c2ccccn2)OCCO1. The Bertz CT molecular complexity index is 485. The Morgan fingerprint density at radius 2 is 2.11 bits per heavy atom. The molecule has 1 unspecified atom stereocenters. The molecule has 1 aromatic heterocycles. The molecule has 0 bridgehead atoms. The normalized spacial score (nSPS) is 16.4. The average molecular weight is 262 g/mol. The Kier molecular flexibility index (Phi) is 4.04. The maximum Gasteiger partial charge on any atom is 0.292 e. The van der Waals surface area contributed by atoms with Crippen LogP contribution in [0, 0.1) is 0 Å². The lowest BCUT2D eigenvalue weighted by molar-refractivity contribution is -0.133. The molecule has 1 aromatic rings. The molecule has 1 aliphatic rings. The summed E-state index contributed by atoms with van der Waals surface area (Å²) in [7, 11) is 1.74. The maximum absolute atomic E-state index is 12.4. The smallest absolute Gasteiger partial charge is 0.292 e. The Balaban J connectivity index is 2.15. The van der Waals surface area contributed by atoms with Gasteiger partial charge in [0.2, 0.25) is 5.76 Å². The second-order valence-corrected chi connectivity index (χ2v) is 4.43. The Hall–Kier alpha value is -2.04. The molecule has 0 spiro atoms. The van der Waals surface area contributed by atoms with Crippen LogP contribution >= 0.6 is 0 Å². The lowest BCUT2D eigenvalue weighted by Gasteiger charge is -2.27. The number of nitrogens with zero attached hydrogens (tertiary/aromatic N) is 2. The third kappa shape index (κ3) is 2.86. The monoisotopic (exact) mass is 262 g/mol. The second-order valence-electron chi connectivity index (χ2n) is 4.43. The zero-order chi connectivity index (χ0) is 13.8. The first-order valence-corrected chi connectivity index (χ1v) is 6.26. The molecule has 0 aliphatic carbocycles. The largest absolute Gasteiger partial charge is 0.491 e. The van der Waals surface area contributed by atoms with Gasteiger partial charge in [-0.15, -0.1) is 0 Å². The molecular weight excluding hydrogens is 244 g/mol. The van der Waals surface area contributed by atoms with Crippen LogP contribution in [0.2, 0.25) is 0 Å². The van der Waals surface area contributed by atoms with E-state index in [4.69, 9.17) is 9.47 Å². The number of ether oxygens (including phenoxy) is 2. The molecule has 1 amide bonds. The molecule has 1 aliphatic heterocycles. The van der Waals surface area contributed by atoms with E-state index in [-0.39, 0.29) is 17.7 Å². The van der Waals surface area contributed by atoms with Gasteiger partial charge in [-0.05, 0) is 26.0 Å². The number of carbonyl (C=O) groups is 1. The summed E-state index contributed by atoms with van der Waals surface area (Å²) in [5.41, 5.74) is 0.841. The fourth-order valence-corrected chi connectivity index (χ4v) is 1.88. The highest BCUT2D eigenvalue weighted by Crippen LogP contribution is 2.21. The van der Waals surface area contributed by atoms with Crippen molar-refractivity contribution in [3.05, 3.63) is 41.6 Å². The van der Waals surface area contributed by atoms with Gasteiger partial charge in [0.1, 0.15) is 19.0 Å². The quantitative estimate of drug-likeness (QED) is 0.834. The Morgan fingerprint density at radius 3 is 2.74 bits per heavy atom. The van der Waals surface area contributed by atoms with Crippen LogP contribution in [-0.2, 0) is 14.3 Å². The molecule has 1 atom stereocenters. The predicted octanol–water partition coefficient (Wildman–Crippen LogP) is 1.88. The topological polar surface area (TPSA) is 51.7 Å². The number of hydrogen-bond acceptors (Lipinski definition) is 4. The summed E-state index contributed by atoms with van der Waals surface area (Å²) in [5, 5.41) is 0. The van der Waals surface area contributed by atoms with E-state index < -0.39 is 0 Å². The van der Waals surface area contributed by atoms with Crippen molar-refractivity contribution in [1.82, 2.24) is 9.88 Å². The highest BCUT2D eigenvalue weighted by Gasteiger charge is 2.26. The number of amides is 1. The van der Waals surface area contributed by atoms with Gasteiger partial charge in [-0.25, -0.2) is 0 Å². The first kappa shape index (κ1) is 13.4. The molecule has 0 saturated carbocycles. The third-order valence-corrected chi connectivity index (χ3v) is 3.18. The number of allylic oxidation sites excluding steroid dienone is 1. The molecule has 19 heavy (non-hydrogen) atoms. The van der Waals surface area contributed by atoms with E-state index in [1.165, 1.54) is 0 Å². The maximum atomic E-state index is 12.4. The molecule has 5 heteroatoms. The van der Waals surface area contributed by atoms with Crippen LogP contribution < -0.4 is 0 Å². The Morgan fingerprint density at radius 1 is 1.37 bits per heavy atom. The van der Waals surface area contributed by atoms with Crippen molar-refractivity contribution in [2.24, 2.45) is 0 Å². The molecule has 2 rings (SSSR count). The lowest BCUT2D eigenvalue weighted by Crippen LogP contribution is -2.34. The summed E-state index contributed by atoms with van der Waals surface area (Å²) in [4.78, 5) is 18.2. The van der Waals surface area contributed by atoms with Crippen molar-refractivity contribution < 1.29 is 14.3 Å². The molecule has 102 valence electrons. The van der Waals surface area contributed by atoms with Crippen molar-refractivity contribution in [1.29, 1.82) is 0 Å². The summed E-state index contributed by atoms with van der Waals surface area (Å²) in [5.74, 6) is 0.642. The number of hydrogen-bond donors (Lipinski definition) is 0. The van der Waals surface area contributed by atoms with E-state index in [0.29, 0.717) is 19.0 Å². The summed E-state index contributed by atoms with van der Waals surface area (Å²) in [6.07, 6.45) is 1.72. The van der Waals surface area contributed by atoms with Crippen LogP contribution in [0.3, 0.4) is 0 Å². The van der Waals surface area contributed by atoms with Gasteiger partial charge >= 0.3 is 0 Å². The predicted molar refractivity (Wildman–Crippen MR) is 70.0 cm³/mol. The second kappa shape index (κ2) is 5.73. The zero-order valence-electron chi connectivity index (χ0n) is 11.4. The van der Waals surface area contributed by atoms with Gasteiger partial charge in [-0.2, -0.15) is 0 Å². The molecule has 0 radical (unpaired) electrons. The van der Waals surface area contributed by atoms with E-state index in [2.05, 4.69) is 4.98 Å². The van der Waals surface area contributed by atoms with Crippen molar-refractivity contribution in [2.45, 2.75) is 19.9 Å². The van der Waals surface area contributed by atoms with Crippen LogP contribution in [0.15, 0.2) is 35.9 Å². The summed E-state index contributed by atoms with van der Waals surface area (Å²) < 4.78 is 10.7. The van der Waals surface area contributed by atoms with Crippen LogP contribution in [0.5, 0.6) is 0 Å². The summed E-state index contributed by atoms with van der Waals surface area (Å²) in [6, 6.07) is 5.53. The minimum absolute atomic E-state index is 0.125. The Labute approximate surface area is 112 Å². The van der Waals surface area contributed by atoms with E-state index in [0.717, 1.165) is 5.69 Å². The molecule has 0 fully saturated rings. The molecule has 0 N–H and O–H groups in total. The minimum Gasteiger partial charge on any atom is -0.491 e. The van der Waals surface area contributed by atoms with Crippen molar-refractivity contribution in [3.8, 4) is 0 Å². The fourth-order valence-electron chi connectivity index (χ4n) is 1.88. The average Bonchev–Trinajstić information content (AvgIpc) is 2.46. The van der Waals surface area contributed by atoms with Gasteiger partial charge in [0.05, 0.1) is 11.7 Å². The molecular formula is C14H18N2O3. The van der Waals surface area contributed by atoms with Crippen LogP contribution in [0.1, 0.15) is 25.6 Å². The van der Waals surface area contributed by atoms with E-state index in [9.17, 15) is 4.79 Å². The standard InChI is InChI=1S/C14H18N2O3/c1-10(12-6-4-5-7-15-12)16(3)14(17)13-11(2)18-8-9-19-13/h4-7,10H,8-9H2,1-3H3. The van der Waals surface area contributed by atoms with E-state index >= 15 is 0 Å². The first-order valence-electron chi connectivity index (χ1n) is 6.26. The van der Waals surface area contributed by atoms with E-state index in [1.807, 2.05) is 25.1 Å². The minimum atomic E-state index is -0.185. The highest BCUT2D eigenvalue weighted by molar-refractivity contribution is 5.92. The first-order chi connectivity index (χ1) is 9.11. The molecule has 0 saturated heterocycles.